The van der Waals surface area contributed by atoms with Crippen LogP contribution in [-0.4, -0.2) is 43.1 Å². The van der Waals surface area contributed by atoms with Gasteiger partial charge in [-0.15, -0.1) is 0 Å². The zero-order valence-corrected chi connectivity index (χ0v) is 17.8. The van der Waals surface area contributed by atoms with Crippen molar-refractivity contribution in [2.45, 2.75) is 32.2 Å². The molecule has 0 saturated carbocycles. The molecule has 1 aromatic heterocycles. The van der Waals surface area contributed by atoms with E-state index in [0.717, 1.165) is 0 Å². The maximum absolute atomic E-state index is 12.7. The molecule has 0 spiro atoms. The van der Waals surface area contributed by atoms with Gasteiger partial charge in [0, 0.05) is 24.2 Å². The van der Waals surface area contributed by atoms with Crippen molar-refractivity contribution in [3.05, 3.63) is 50.9 Å². The molecule has 10 heteroatoms. The lowest BCUT2D eigenvalue weighted by molar-refractivity contribution is 0.459. The van der Waals surface area contributed by atoms with Gasteiger partial charge < -0.3 is 4.90 Å². The van der Waals surface area contributed by atoms with Crippen LogP contribution in [0.2, 0.25) is 10.0 Å². The first kappa shape index (κ1) is 21.1. The smallest absolute Gasteiger partial charge is 0.292 e. The molecule has 2 heterocycles. The van der Waals surface area contributed by atoms with E-state index in [4.69, 9.17) is 23.2 Å². The molecule has 2 aromatic rings. The van der Waals surface area contributed by atoms with Gasteiger partial charge in [-0.3, -0.25) is 4.79 Å². The number of benzene rings is 1. The maximum Gasteiger partial charge on any atom is 0.292 e. The third-order valence-corrected chi connectivity index (χ3v) is 6.87. The van der Waals surface area contributed by atoms with Gasteiger partial charge >= 0.3 is 0 Å². The monoisotopic (exact) mass is 444 g/mol. The molecule has 3 rings (SSSR count). The van der Waals surface area contributed by atoms with Crippen LogP contribution in [-0.2, 0) is 10.0 Å². The summed E-state index contributed by atoms with van der Waals surface area (Å²) in [6.07, 6.45) is 3.43. The minimum Gasteiger partial charge on any atom is -0.369 e. The Morgan fingerprint density at radius 2 is 1.82 bits per heavy atom. The fourth-order valence-corrected chi connectivity index (χ4v) is 5.00. The molecule has 28 heavy (non-hydrogen) atoms. The van der Waals surface area contributed by atoms with E-state index in [1.807, 2.05) is 11.8 Å². The fraction of sp³-hybridized carbons (Fsp3) is 0.444. The summed E-state index contributed by atoms with van der Waals surface area (Å²) in [6, 6.07) is 6.64. The highest BCUT2D eigenvalue weighted by atomic mass is 35.5. The second kappa shape index (κ2) is 8.82. The van der Waals surface area contributed by atoms with Crippen LogP contribution in [0.3, 0.4) is 0 Å². The number of rotatable bonds is 6. The van der Waals surface area contributed by atoms with Crippen molar-refractivity contribution in [1.82, 2.24) is 14.5 Å². The van der Waals surface area contributed by atoms with Crippen molar-refractivity contribution in [3.63, 3.8) is 0 Å². The largest absolute Gasteiger partial charge is 0.369 e. The summed E-state index contributed by atoms with van der Waals surface area (Å²) in [5.74, 6) is 0.131. The van der Waals surface area contributed by atoms with E-state index in [1.54, 1.807) is 30.5 Å². The summed E-state index contributed by atoms with van der Waals surface area (Å²) in [6.45, 7) is 3.01. The first-order chi connectivity index (χ1) is 13.3. The Bertz CT molecular complexity index is 985. The lowest BCUT2D eigenvalue weighted by Gasteiger charge is -2.33. The number of nitrogens with zero attached hydrogens (tertiary/aromatic N) is 3. The SMILES string of the molecule is CCCS(=O)(=O)NC1CCN(c2cnn(-c3ccc(Cl)cc3)c(=O)c2Cl)CC1. The van der Waals surface area contributed by atoms with E-state index < -0.39 is 15.6 Å². The van der Waals surface area contributed by atoms with E-state index in [0.29, 0.717) is 48.7 Å². The number of nitrogens with one attached hydrogen (secondary N) is 1. The number of hydrogen-bond donors (Lipinski definition) is 1. The molecule has 1 saturated heterocycles. The minimum atomic E-state index is -3.24. The Kier molecular flexibility index (Phi) is 6.65. The molecule has 152 valence electrons. The molecule has 1 fully saturated rings. The van der Waals surface area contributed by atoms with E-state index >= 15 is 0 Å². The average Bonchev–Trinajstić information content (AvgIpc) is 2.65. The third-order valence-electron chi connectivity index (χ3n) is 4.63. The van der Waals surface area contributed by atoms with E-state index in [2.05, 4.69) is 9.82 Å². The Morgan fingerprint density at radius 1 is 1.18 bits per heavy atom. The molecule has 0 aliphatic carbocycles. The van der Waals surface area contributed by atoms with Crippen LogP contribution in [0.15, 0.2) is 35.3 Å². The van der Waals surface area contributed by atoms with Crippen molar-refractivity contribution in [3.8, 4) is 5.69 Å². The van der Waals surface area contributed by atoms with E-state index in [9.17, 15) is 13.2 Å². The third kappa shape index (κ3) is 4.86. The molecule has 0 amide bonds. The fourth-order valence-electron chi connectivity index (χ4n) is 3.23. The van der Waals surface area contributed by atoms with Crippen LogP contribution in [0.25, 0.3) is 5.69 Å². The quantitative estimate of drug-likeness (QED) is 0.740. The van der Waals surface area contributed by atoms with Gasteiger partial charge in [0.15, 0.2) is 0 Å². The van der Waals surface area contributed by atoms with Crippen molar-refractivity contribution in [2.24, 2.45) is 0 Å². The highest BCUT2D eigenvalue weighted by molar-refractivity contribution is 7.89. The molecule has 0 atom stereocenters. The molecule has 1 aromatic carbocycles. The van der Waals surface area contributed by atoms with Crippen LogP contribution in [0.1, 0.15) is 26.2 Å². The van der Waals surface area contributed by atoms with E-state index in [-0.39, 0.29) is 16.8 Å². The molecule has 1 aliphatic rings. The Labute approximate surface area is 174 Å². The summed E-state index contributed by atoms with van der Waals surface area (Å²) in [5.41, 5.74) is 0.728. The van der Waals surface area contributed by atoms with Crippen LogP contribution in [0, 0.1) is 0 Å². The molecule has 7 nitrogen and oxygen atoms in total. The molecule has 1 N–H and O–H groups in total. The van der Waals surface area contributed by atoms with Gasteiger partial charge in [-0.25, -0.2) is 13.1 Å². The minimum absolute atomic E-state index is 0.0926. The summed E-state index contributed by atoms with van der Waals surface area (Å²) in [4.78, 5) is 14.6. The average molecular weight is 445 g/mol. The second-order valence-corrected chi connectivity index (χ2v) is 9.42. The molecule has 0 unspecified atom stereocenters. The van der Waals surface area contributed by atoms with Crippen LogP contribution >= 0.6 is 23.2 Å². The lowest BCUT2D eigenvalue weighted by atomic mass is 10.1. The van der Waals surface area contributed by atoms with Crippen LogP contribution in [0.5, 0.6) is 0 Å². The second-order valence-electron chi connectivity index (χ2n) is 6.74. The van der Waals surface area contributed by atoms with Gasteiger partial charge in [0.2, 0.25) is 10.0 Å². The first-order valence-electron chi connectivity index (χ1n) is 9.09. The lowest BCUT2D eigenvalue weighted by Crippen LogP contribution is -2.45. The predicted octanol–water partition coefficient (Wildman–Crippen LogP) is 2.84. The Hall–Kier alpha value is -1.61. The number of anilines is 1. The topological polar surface area (TPSA) is 84.3 Å². The highest BCUT2D eigenvalue weighted by Gasteiger charge is 2.25. The Morgan fingerprint density at radius 3 is 2.43 bits per heavy atom. The van der Waals surface area contributed by atoms with E-state index in [1.165, 1.54) is 4.68 Å². The number of halogens is 2. The molecular weight excluding hydrogens is 423 g/mol. The van der Waals surface area contributed by atoms with Crippen molar-refractivity contribution in [2.75, 3.05) is 23.7 Å². The number of piperidine rings is 1. The van der Waals surface area contributed by atoms with Gasteiger partial charge in [0.1, 0.15) is 5.02 Å². The van der Waals surface area contributed by atoms with Crippen LogP contribution < -0.4 is 15.2 Å². The number of aromatic nitrogens is 2. The zero-order chi connectivity index (χ0) is 20.3. The van der Waals surface area contributed by atoms with Gasteiger partial charge in [0.05, 0.1) is 23.3 Å². The first-order valence-corrected chi connectivity index (χ1v) is 11.5. The van der Waals surface area contributed by atoms with Crippen molar-refractivity contribution >= 4 is 38.9 Å². The van der Waals surface area contributed by atoms with Gasteiger partial charge in [0.25, 0.3) is 5.56 Å². The van der Waals surface area contributed by atoms with Crippen molar-refractivity contribution < 1.29 is 8.42 Å². The molecule has 0 bridgehead atoms. The highest BCUT2D eigenvalue weighted by Crippen LogP contribution is 2.25. The number of sulfonamides is 1. The van der Waals surface area contributed by atoms with Crippen molar-refractivity contribution in [1.29, 1.82) is 0 Å². The summed E-state index contributed by atoms with van der Waals surface area (Å²) >= 11 is 12.2. The standard InChI is InChI=1S/C18H22Cl2N4O3S/c1-2-11-28(26,27)22-14-7-9-23(10-8-14)16-12-21-24(18(25)17(16)20)15-5-3-13(19)4-6-15/h3-6,12,14,22H,2,7-11H2,1H3. The Balaban J connectivity index is 1.73. The van der Waals surface area contributed by atoms with Gasteiger partial charge in [-0.1, -0.05) is 30.1 Å². The summed E-state index contributed by atoms with van der Waals surface area (Å²) in [5, 5.41) is 4.90. The summed E-state index contributed by atoms with van der Waals surface area (Å²) < 4.78 is 27.8. The summed E-state index contributed by atoms with van der Waals surface area (Å²) in [7, 11) is -3.24. The maximum atomic E-state index is 12.7. The van der Waals surface area contributed by atoms with Crippen LogP contribution in [0.4, 0.5) is 5.69 Å². The zero-order valence-electron chi connectivity index (χ0n) is 15.4. The molecular formula is C18H22Cl2N4O3S. The normalized spacial score (nSPS) is 15.8. The number of hydrogen-bond acceptors (Lipinski definition) is 5. The van der Waals surface area contributed by atoms with Gasteiger partial charge in [-0.05, 0) is 43.5 Å². The van der Waals surface area contributed by atoms with Gasteiger partial charge in [-0.2, -0.15) is 9.78 Å². The predicted molar refractivity (Wildman–Crippen MR) is 112 cm³/mol. The molecule has 0 radical (unpaired) electrons. The molecule has 1 aliphatic heterocycles.